The normalized spacial score (nSPS) is 18.3. The lowest BCUT2D eigenvalue weighted by atomic mass is 9.90. The molecule has 30 heteroatoms. The molecule has 5 unspecified atom stereocenters. The van der Waals surface area contributed by atoms with Crippen molar-refractivity contribution in [3.8, 4) is 114 Å². The van der Waals surface area contributed by atoms with Gasteiger partial charge in [-0.25, -0.2) is 28.8 Å². The fourth-order valence-corrected chi connectivity index (χ4v) is 9.00. The third-order valence-corrected chi connectivity index (χ3v) is 12.6. The first-order chi connectivity index (χ1) is 36.7. The predicted octanol–water partition coefficient (Wildman–Crippen LogP) is 1.98. The van der Waals surface area contributed by atoms with Gasteiger partial charge in [-0.1, -0.05) is 0 Å². The van der Waals surface area contributed by atoms with E-state index in [0.717, 1.165) is 0 Å². The molecule has 0 saturated carbocycles. The van der Waals surface area contributed by atoms with E-state index in [-0.39, 0.29) is 6.07 Å². The van der Waals surface area contributed by atoms with E-state index >= 15 is 0 Å². The van der Waals surface area contributed by atoms with Crippen LogP contribution in [0.5, 0.6) is 92.0 Å². The molecule has 0 spiro atoms. The van der Waals surface area contributed by atoms with E-state index in [4.69, 9.17) is 32.5 Å². The summed E-state index contributed by atoms with van der Waals surface area (Å²) in [5.74, 6) is -28.6. The van der Waals surface area contributed by atoms with Gasteiger partial charge in [0.2, 0.25) is 35.0 Å². The molecule has 17 N–H and O–H groups in total. The summed E-state index contributed by atoms with van der Waals surface area (Å²) in [5, 5.41) is 181. The van der Waals surface area contributed by atoms with Crippen molar-refractivity contribution >= 4 is 56.6 Å². The minimum Gasteiger partial charge on any atom is -0.504 e. The van der Waals surface area contributed by atoms with E-state index in [2.05, 4.69) is 0 Å². The van der Waals surface area contributed by atoms with Crippen LogP contribution in [0.4, 0.5) is 0 Å². The van der Waals surface area contributed by atoms with Crippen LogP contribution in [0.15, 0.2) is 54.8 Å². The fraction of sp³-hybridized carbons (Fsp3) is 0.125. The number of hydrogen-bond donors (Lipinski definition) is 17. The predicted molar refractivity (Wildman–Crippen MR) is 246 cm³/mol. The summed E-state index contributed by atoms with van der Waals surface area (Å²) in [7, 11) is 0. The maximum atomic E-state index is 14.9. The van der Waals surface area contributed by atoms with Crippen LogP contribution in [0.1, 0.15) is 41.4 Å². The molecule has 30 nitrogen and oxygen atoms in total. The molecule has 402 valence electrons. The molecule has 2 aliphatic heterocycles. The zero-order valence-electron chi connectivity index (χ0n) is 38.0. The number of hydrogen-bond acceptors (Lipinski definition) is 30. The molecule has 78 heavy (non-hydrogen) atoms. The third kappa shape index (κ3) is 7.34. The van der Waals surface area contributed by atoms with Gasteiger partial charge in [-0.05, 0) is 36.4 Å². The van der Waals surface area contributed by atoms with Gasteiger partial charge in [-0.15, -0.1) is 0 Å². The van der Waals surface area contributed by atoms with Crippen LogP contribution in [-0.2, 0) is 23.7 Å². The first kappa shape index (κ1) is 50.4. The van der Waals surface area contributed by atoms with Gasteiger partial charge in [-0.2, -0.15) is 0 Å². The van der Waals surface area contributed by atoms with Crippen molar-refractivity contribution in [2.45, 2.75) is 30.7 Å². The van der Waals surface area contributed by atoms with Gasteiger partial charge in [0.15, 0.2) is 92.7 Å². The summed E-state index contributed by atoms with van der Waals surface area (Å²) in [4.78, 5) is 84.0. The fourth-order valence-electron chi connectivity index (χ4n) is 9.00. The van der Waals surface area contributed by atoms with Crippen LogP contribution in [0.2, 0.25) is 0 Å². The van der Waals surface area contributed by atoms with Gasteiger partial charge in [0, 0.05) is 33.0 Å². The summed E-state index contributed by atoms with van der Waals surface area (Å²) in [6.07, 6.45) is -12.8. The largest absolute Gasteiger partial charge is 0.504 e. The van der Waals surface area contributed by atoms with Crippen LogP contribution in [0.25, 0.3) is 55.0 Å². The second-order valence-corrected chi connectivity index (χ2v) is 17.1. The Bertz CT molecular complexity index is 4110. The first-order valence-electron chi connectivity index (χ1n) is 21.6. The van der Waals surface area contributed by atoms with Gasteiger partial charge in [-0.3, -0.25) is 0 Å². The number of esters is 4. The van der Waals surface area contributed by atoms with Crippen LogP contribution in [0.3, 0.4) is 0 Å². The molecule has 2 aliphatic rings. The van der Waals surface area contributed by atoms with Crippen molar-refractivity contribution in [2.75, 3.05) is 6.61 Å². The Morgan fingerprint density at radius 2 is 0.974 bits per heavy atom. The topological polar surface area (TPSA) is 519 Å². The molecule has 5 atom stereocenters. The summed E-state index contributed by atoms with van der Waals surface area (Å²) in [6.45, 7) is -1.33. The summed E-state index contributed by atoms with van der Waals surface area (Å²) in [6, 6.07) is 2.83. The van der Waals surface area contributed by atoms with E-state index < -0.39 is 242 Å². The maximum Gasteiger partial charge on any atom is 0.345 e. The molecular weight excluding hydrogens is 1060 g/mol. The molecule has 0 radical (unpaired) electrons. The quantitative estimate of drug-likeness (QED) is 0.0385. The standard InChI is InChI=1S/C48H30O30/c49-13-1-8(2-14(50)27(13)55)42(66)78-48-37(65)41(38-19(73-48)7-72-43(67)9-3-15(51)28(56)32(60)20(9)21-10(44(68)74-38)4-16(52)29(57)33(21)61)77-45(69)11-5-17(53)30(58)34(62)22(11)24-26-25-23-12(46(70)75-40(25)36(64)35(24)63)6-18(54)31(59)39(23)76-47(26)71/h1-6,19,37-38,41,48-65H,7H2. The molecule has 0 aliphatic carbocycles. The summed E-state index contributed by atoms with van der Waals surface area (Å²) in [5.41, 5.74) is -14.0. The van der Waals surface area contributed by atoms with Gasteiger partial charge < -0.3 is 119 Å². The number of phenols is 16. The Kier molecular flexibility index (Phi) is 11.3. The zero-order chi connectivity index (χ0) is 56.6. The Balaban J connectivity index is 1.17. The molecule has 0 bridgehead atoms. The first-order valence-corrected chi connectivity index (χ1v) is 21.6. The highest BCUT2D eigenvalue weighted by atomic mass is 16.7. The molecule has 10 rings (SSSR count). The minimum atomic E-state index is -2.75. The number of fused-ring (bicyclic) bond motifs is 4. The lowest BCUT2D eigenvalue weighted by Crippen LogP contribution is -2.62. The van der Waals surface area contributed by atoms with E-state index in [1.54, 1.807) is 0 Å². The highest BCUT2D eigenvalue weighted by molar-refractivity contribution is 6.26. The van der Waals surface area contributed by atoms with E-state index in [0.29, 0.717) is 30.3 Å². The Hall–Kier alpha value is -11.1. The Labute approximate surface area is 425 Å². The van der Waals surface area contributed by atoms with Gasteiger partial charge in [0.1, 0.15) is 12.7 Å². The Morgan fingerprint density at radius 1 is 0.474 bits per heavy atom. The van der Waals surface area contributed by atoms with Gasteiger partial charge in [0.25, 0.3) is 0 Å². The number of benzene rings is 6. The molecule has 1 fully saturated rings. The molecule has 6 aromatic carbocycles. The second-order valence-electron chi connectivity index (χ2n) is 17.1. The molecule has 8 aromatic rings. The van der Waals surface area contributed by atoms with Gasteiger partial charge >= 0.3 is 35.1 Å². The smallest absolute Gasteiger partial charge is 0.345 e. The van der Waals surface area contributed by atoms with Crippen LogP contribution >= 0.6 is 0 Å². The van der Waals surface area contributed by atoms with Crippen LogP contribution < -0.4 is 11.3 Å². The molecular formula is C48H30O30. The van der Waals surface area contributed by atoms with Crippen molar-refractivity contribution in [3.63, 3.8) is 0 Å². The molecule has 0 amide bonds. The number of ether oxygens (including phenoxy) is 5. The van der Waals surface area contributed by atoms with Crippen LogP contribution in [0, 0.1) is 0 Å². The van der Waals surface area contributed by atoms with Crippen LogP contribution in [-0.4, -0.2) is 148 Å². The number of rotatable bonds is 5. The molecule has 2 aromatic heterocycles. The SMILES string of the molecule is O=C(OC1OC2COC(=O)c3cc(O)c(O)c(O)c3-c3c(cc(O)c(O)c3O)C(=O)OC2C(OC(=O)c2cc(O)c(O)c(O)c2-c2c(O)c(O)c3oc(=O)c4cc(O)c(O)c5oc(=O)c2c3c54)C1O)c1cc(O)c(O)c(O)c1. The summed E-state index contributed by atoms with van der Waals surface area (Å²) < 4.78 is 38.0. The van der Waals surface area contributed by atoms with Crippen molar-refractivity contribution in [2.24, 2.45) is 0 Å². The number of carbonyl (C=O) groups is 4. The summed E-state index contributed by atoms with van der Waals surface area (Å²) >= 11 is 0. The zero-order valence-corrected chi connectivity index (χ0v) is 38.0. The average Bonchev–Trinajstić information content (AvgIpc) is 3.53. The highest BCUT2D eigenvalue weighted by Crippen LogP contribution is 2.56. The van der Waals surface area contributed by atoms with E-state index in [9.17, 15) is 116 Å². The monoisotopic (exact) mass is 1090 g/mol. The lowest BCUT2D eigenvalue weighted by molar-refractivity contribution is -0.283. The Morgan fingerprint density at radius 3 is 1.58 bits per heavy atom. The van der Waals surface area contributed by atoms with E-state index in [1.165, 1.54) is 0 Å². The average molecular weight is 1090 g/mol. The minimum absolute atomic E-state index is 0.283. The number of cyclic esters (lactones) is 1. The molecule has 1 saturated heterocycles. The van der Waals surface area contributed by atoms with Crippen molar-refractivity contribution in [1.82, 2.24) is 0 Å². The second kappa shape index (κ2) is 17.5. The number of carbonyl (C=O) groups excluding carboxylic acids is 4. The van der Waals surface area contributed by atoms with E-state index in [1.807, 2.05) is 0 Å². The van der Waals surface area contributed by atoms with Crippen molar-refractivity contribution < 1.29 is 139 Å². The lowest BCUT2D eigenvalue weighted by Gasteiger charge is -2.42. The maximum absolute atomic E-state index is 14.9. The third-order valence-electron chi connectivity index (χ3n) is 12.6. The van der Waals surface area contributed by atoms with Crippen molar-refractivity contribution in [3.05, 3.63) is 79.5 Å². The van der Waals surface area contributed by atoms with Crippen molar-refractivity contribution in [1.29, 1.82) is 0 Å². The number of aliphatic hydroxyl groups is 1. The van der Waals surface area contributed by atoms with Gasteiger partial charge in [0.05, 0.1) is 33.0 Å². The molecule has 4 heterocycles. The number of phenolic OH excluding ortho intramolecular Hbond substituents is 16. The number of aliphatic hydroxyl groups excluding tert-OH is 1. The highest BCUT2D eigenvalue weighted by Gasteiger charge is 2.53. The number of aromatic hydroxyl groups is 16.